The summed E-state index contributed by atoms with van der Waals surface area (Å²) in [7, 11) is 4.21. The number of aliphatic carboxylic acids is 1. The summed E-state index contributed by atoms with van der Waals surface area (Å²) in [5.41, 5.74) is 0.456. The smallest absolute Gasteiger partial charge is 0.330 e. The lowest BCUT2D eigenvalue weighted by atomic mass is 9.81. The molecule has 0 saturated carbocycles. The Morgan fingerprint density at radius 2 is 1.78 bits per heavy atom. The van der Waals surface area contributed by atoms with E-state index in [2.05, 4.69) is 39.4 Å². The molecule has 3 heteroatoms. The third-order valence-corrected chi connectivity index (χ3v) is 3.85. The minimum Gasteiger partial charge on any atom is -0.478 e. The number of carboxylic acids is 1. The molecule has 1 unspecified atom stereocenters. The van der Waals surface area contributed by atoms with E-state index < -0.39 is 5.97 Å². The molecule has 0 amide bonds. The van der Waals surface area contributed by atoms with Crippen molar-refractivity contribution in [2.45, 2.75) is 64.3 Å². The molecule has 0 aromatic heterocycles. The van der Waals surface area contributed by atoms with E-state index in [-0.39, 0.29) is 5.54 Å². The Morgan fingerprint density at radius 3 is 2.17 bits per heavy atom. The van der Waals surface area contributed by atoms with E-state index in [1.54, 1.807) is 0 Å². The average Bonchev–Trinajstić information content (AvgIpc) is 2.31. The van der Waals surface area contributed by atoms with Crippen molar-refractivity contribution in [1.82, 2.24) is 4.90 Å². The Balaban J connectivity index is 4.71. The minimum atomic E-state index is -0.866. The Morgan fingerprint density at radius 1 is 1.17 bits per heavy atom. The van der Waals surface area contributed by atoms with Crippen molar-refractivity contribution in [3.63, 3.8) is 0 Å². The summed E-state index contributed by atoms with van der Waals surface area (Å²) in [6.45, 7) is 8.03. The molecule has 1 N–H and O–H groups in total. The number of carbonyl (C=O) groups is 1. The van der Waals surface area contributed by atoms with Crippen LogP contribution in [0.2, 0.25) is 0 Å². The molecule has 18 heavy (non-hydrogen) atoms. The van der Waals surface area contributed by atoms with Gasteiger partial charge in [0.15, 0.2) is 0 Å². The van der Waals surface area contributed by atoms with Gasteiger partial charge in [0.25, 0.3) is 0 Å². The van der Waals surface area contributed by atoms with Crippen LogP contribution in [0, 0.1) is 0 Å². The first-order chi connectivity index (χ1) is 8.39. The molecule has 0 aliphatic carbocycles. The highest BCUT2D eigenvalue weighted by Crippen LogP contribution is 2.32. The molecule has 0 aromatic rings. The second-order valence-corrected chi connectivity index (χ2v) is 5.38. The number of rotatable bonds is 10. The van der Waals surface area contributed by atoms with Gasteiger partial charge >= 0.3 is 5.97 Å². The average molecular weight is 255 g/mol. The summed E-state index contributed by atoms with van der Waals surface area (Å²) in [6.07, 6.45) is 7.22. The lowest BCUT2D eigenvalue weighted by Crippen LogP contribution is -2.44. The zero-order valence-electron chi connectivity index (χ0n) is 12.5. The van der Waals surface area contributed by atoms with Crippen molar-refractivity contribution in [1.29, 1.82) is 0 Å². The first-order valence-corrected chi connectivity index (χ1v) is 6.98. The maximum Gasteiger partial charge on any atom is 0.330 e. The fourth-order valence-electron chi connectivity index (χ4n) is 2.51. The SMILES string of the molecule is C=C(CCC(CCC)(CCCC)N(C)C)C(=O)O. The molecule has 1 atom stereocenters. The lowest BCUT2D eigenvalue weighted by molar-refractivity contribution is -0.132. The topological polar surface area (TPSA) is 40.5 Å². The molecule has 0 aromatic carbocycles. The minimum absolute atomic E-state index is 0.128. The number of hydrogen-bond acceptors (Lipinski definition) is 2. The van der Waals surface area contributed by atoms with Crippen LogP contribution in [0.15, 0.2) is 12.2 Å². The van der Waals surface area contributed by atoms with Crippen LogP contribution in [0.4, 0.5) is 0 Å². The van der Waals surface area contributed by atoms with Crippen LogP contribution in [-0.2, 0) is 4.79 Å². The van der Waals surface area contributed by atoms with E-state index >= 15 is 0 Å². The zero-order valence-corrected chi connectivity index (χ0v) is 12.5. The summed E-state index contributed by atoms with van der Waals surface area (Å²) in [5, 5.41) is 8.91. The quantitative estimate of drug-likeness (QED) is 0.605. The molecule has 0 heterocycles. The van der Waals surface area contributed by atoms with E-state index in [0.717, 1.165) is 25.7 Å². The van der Waals surface area contributed by atoms with Crippen molar-refractivity contribution in [3.05, 3.63) is 12.2 Å². The number of hydrogen-bond donors (Lipinski definition) is 1. The largest absolute Gasteiger partial charge is 0.478 e. The van der Waals surface area contributed by atoms with Crippen molar-refractivity contribution in [2.75, 3.05) is 14.1 Å². The third-order valence-electron chi connectivity index (χ3n) is 3.85. The highest BCUT2D eigenvalue weighted by molar-refractivity contribution is 5.85. The lowest BCUT2D eigenvalue weighted by Gasteiger charge is -2.40. The van der Waals surface area contributed by atoms with Gasteiger partial charge in [0.05, 0.1) is 0 Å². The van der Waals surface area contributed by atoms with E-state index in [9.17, 15) is 4.79 Å². The molecular formula is C15H29NO2. The molecule has 106 valence electrons. The van der Waals surface area contributed by atoms with E-state index in [4.69, 9.17) is 5.11 Å². The predicted molar refractivity (Wildman–Crippen MR) is 76.9 cm³/mol. The van der Waals surface area contributed by atoms with E-state index in [0.29, 0.717) is 12.0 Å². The normalized spacial score (nSPS) is 14.5. The number of unbranched alkanes of at least 4 members (excludes halogenated alkanes) is 1. The molecule has 0 rings (SSSR count). The summed E-state index contributed by atoms with van der Waals surface area (Å²) in [5.74, 6) is -0.866. The Labute approximate surface area is 112 Å². The van der Waals surface area contributed by atoms with Crippen LogP contribution in [0.3, 0.4) is 0 Å². The van der Waals surface area contributed by atoms with Crippen molar-refractivity contribution in [3.8, 4) is 0 Å². The molecule has 0 bridgehead atoms. The van der Waals surface area contributed by atoms with Gasteiger partial charge in [-0.2, -0.15) is 0 Å². The number of carboxylic acid groups (broad SMARTS) is 1. The highest BCUT2D eigenvalue weighted by atomic mass is 16.4. The fourth-order valence-corrected chi connectivity index (χ4v) is 2.51. The molecule has 0 aliphatic heterocycles. The highest BCUT2D eigenvalue weighted by Gasteiger charge is 2.31. The maximum absolute atomic E-state index is 10.8. The van der Waals surface area contributed by atoms with Crippen LogP contribution in [0.25, 0.3) is 0 Å². The van der Waals surface area contributed by atoms with Crippen molar-refractivity contribution < 1.29 is 9.90 Å². The van der Waals surface area contributed by atoms with Crippen LogP contribution >= 0.6 is 0 Å². The van der Waals surface area contributed by atoms with Gasteiger partial charge < -0.3 is 10.0 Å². The number of nitrogens with zero attached hydrogens (tertiary/aromatic N) is 1. The monoisotopic (exact) mass is 255 g/mol. The standard InChI is InChI=1S/C15H29NO2/c1-6-8-11-15(10-7-2,16(4)5)12-9-13(3)14(17)18/h3,6-12H2,1-2,4-5H3,(H,17,18). The first-order valence-electron chi connectivity index (χ1n) is 6.98. The van der Waals surface area contributed by atoms with Crippen LogP contribution in [0.5, 0.6) is 0 Å². The molecule has 0 saturated heterocycles. The summed E-state index contributed by atoms with van der Waals surface area (Å²) in [6, 6.07) is 0. The van der Waals surface area contributed by atoms with Gasteiger partial charge in [-0.25, -0.2) is 4.79 Å². The molecule has 0 radical (unpaired) electrons. The summed E-state index contributed by atoms with van der Waals surface area (Å²) in [4.78, 5) is 13.1. The van der Waals surface area contributed by atoms with Gasteiger partial charge in [0.2, 0.25) is 0 Å². The molecule has 0 fully saturated rings. The van der Waals surface area contributed by atoms with E-state index in [1.807, 2.05) is 0 Å². The van der Waals surface area contributed by atoms with Gasteiger partial charge in [0.1, 0.15) is 0 Å². The Bertz CT molecular complexity index is 274. The third kappa shape index (κ3) is 5.21. The summed E-state index contributed by atoms with van der Waals surface area (Å²) < 4.78 is 0. The van der Waals surface area contributed by atoms with Gasteiger partial charge in [0, 0.05) is 11.1 Å². The molecule has 3 nitrogen and oxygen atoms in total. The summed E-state index contributed by atoms with van der Waals surface area (Å²) >= 11 is 0. The first kappa shape index (κ1) is 17.2. The van der Waals surface area contributed by atoms with Gasteiger partial charge in [-0.3, -0.25) is 0 Å². The molecule has 0 spiro atoms. The Hall–Kier alpha value is -0.830. The van der Waals surface area contributed by atoms with Crippen LogP contribution < -0.4 is 0 Å². The van der Waals surface area contributed by atoms with Gasteiger partial charge in [-0.1, -0.05) is 39.7 Å². The Kier molecular flexibility index (Phi) is 7.92. The molecular weight excluding hydrogens is 226 g/mol. The second-order valence-electron chi connectivity index (χ2n) is 5.38. The maximum atomic E-state index is 10.8. The second kappa shape index (κ2) is 8.30. The van der Waals surface area contributed by atoms with Crippen LogP contribution in [0.1, 0.15) is 58.8 Å². The van der Waals surface area contributed by atoms with Gasteiger partial charge in [-0.15, -0.1) is 0 Å². The fraction of sp³-hybridized carbons (Fsp3) is 0.800. The zero-order chi connectivity index (χ0) is 14.2. The predicted octanol–water partition coefficient (Wildman–Crippen LogP) is 3.70. The van der Waals surface area contributed by atoms with Crippen molar-refractivity contribution in [2.24, 2.45) is 0 Å². The van der Waals surface area contributed by atoms with Gasteiger partial charge in [-0.05, 0) is 39.8 Å². The van der Waals surface area contributed by atoms with Crippen LogP contribution in [-0.4, -0.2) is 35.6 Å². The van der Waals surface area contributed by atoms with Crippen molar-refractivity contribution >= 4 is 5.97 Å². The molecule has 0 aliphatic rings. The van der Waals surface area contributed by atoms with E-state index in [1.165, 1.54) is 12.8 Å².